The maximum absolute atomic E-state index is 6.16. The molecule has 5 atom stereocenters. The number of hydrogen-bond donors (Lipinski definition) is 0. The fraction of sp³-hybridized carbons (Fsp3) is 0.632. The van der Waals surface area contributed by atoms with Crippen molar-refractivity contribution in [1.82, 2.24) is 0 Å². The molecule has 0 saturated carbocycles. The van der Waals surface area contributed by atoms with E-state index in [2.05, 4.69) is 31.2 Å². The molecule has 0 spiro atoms. The van der Waals surface area contributed by atoms with Crippen molar-refractivity contribution in [3.8, 4) is 0 Å². The number of benzene rings is 1. The highest BCUT2D eigenvalue weighted by molar-refractivity contribution is 7.98. The van der Waals surface area contributed by atoms with Crippen LogP contribution in [0.2, 0.25) is 0 Å². The van der Waals surface area contributed by atoms with Crippen LogP contribution in [0.15, 0.2) is 28.7 Å². The zero-order chi connectivity index (χ0) is 17.6. The summed E-state index contributed by atoms with van der Waals surface area (Å²) in [4.78, 5) is 0. The fourth-order valence-corrected chi connectivity index (χ4v) is 4.77. The Morgan fingerprint density at radius 3 is 2.56 bits per heavy atom. The molecule has 1 aromatic carbocycles. The molecule has 0 bridgehead atoms. The largest absolute Gasteiger partial charge is 0.376 e. The lowest BCUT2D eigenvalue weighted by molar-refractivity contribution is -0.216. The van der Waals surface area contributed by atoms with E-state index >= 15 is 0 Å². The third kappa shape index (κ3) is 3.38. The average molecular weight is 363 g/mol. The Morgan fingerprint density at radius 2 is 1.92 bits per heavy atom. The molecule has 2 saturated heterocycles. The zero-order valence-electron chi connectivity index (χ0n) is 15.1. The second-order valence-electron chi connectivity index (χ2n) is 7.36. The van der Waals surface area contributed by atoms with E-state index in [0.717, 1.165) is 18.6 Å². The van der Waals surface area contributed by atoms with Crippen LogP contribution in [0.25, 0.3) is 0 Å². The molecule has 6 heteroatoms. The first-order valence-corrected chi connectivity index (χ1v) is 9.64. The molecular formula is C19H25NO4S. The Hall–Kier alpha value is -0.920. The van der Waals surface area contributed by atoms with Crippen molar-refractivity contribution in [2.24, 2.45) is 4.40 Å². The van der Waals surface area contributed by atoms with Gasteiger partial charge in [-0.25, -0.2) is 4.40 Å². The monoisotopic (exact) mass is 363 g/mol. The van der Waals surface area contributed by atoms with Crippen LogP contribution in [0, 0.1) is 6.92 Å². The molecule has 4 rings (SSSR count). The number of methoxy groups -OCH3 is 1. The fourth-order valence-electron chi connectivity index (χ4n) is 3.75. The van der Waals surface area contributed by atoms with Crippen LogP contribution in [0.4, 0.5) is 0 Å². The number of nitrogens with zero attached hydrogens (tertiary/aromatic N) is 1. The molecular weight excluding hydrogens is 338 g/mol. The lowest BCUT2D eigenvalue weighted by Gasteiger charge is -2.30. The minimum absolute atomic E-state index is 0.0654. The van der Waals surface area contributed by atoms with Crippen LogP contribution in [-0.2, 0) is 18.9 Å². The molecule has 25 heavy (non-hydrogen) atoms. The Bertz CT molecular complexity index is 660. The van der Waals surface area contributed by atoms with Gasteiger partial charge in [-0.2, -0.15) is 0 Å². The summed E-state index contributed by atoms with van der Waals surface area (Å²) in [7, 11) is 1.71. The molecule has 0 aliphatic carbocycles. The van der Waals surface area contributed by atoms with Crippen LogP contribution < -0.4 is 0 Å². The summed E-state index contributed by atoms with van der Waals surface area (Å²) in [6, 6.07) is 8.56. The van der Waals surface area contributed by atoms with Gasteiger partial charge in [0.1, 0.15) is 18.3 Å². The van der Waals surface area contributed by atoms with E-state index in [0.29, 0.717) is 0 Å². The second-order valence-corrected chi connectivity index (χ2v) is 8.35. The molecule has 0 aromatic heterocycles. The third-order valence-electron chi connectivity index (χ3n) is 5.01. The number of ether oxygens (including phenoxy) is 4. The van der Waals surface area contributed by atoms with Gasteiger partial charge in [-0.05, 0) is 51.1 Å². The van der Waals surface area contributed by atoms with Crippen LogP contribution >= 0.6 is 11.9 Å². The molecule has 1 aromatic rings. The van der Waals surface area contributed by atoms with Gasteiger partial charge >= 0.3 is 0 Å². The summed E-state index contributed by atoms with van der Waals surface area (Å²) in [6.45, 7) is 5.91. The van der Waals surface area contributed by atoms with Gasteiger partial charge in [0, 0.05) is 7.11 Å². The van der Waals surface area contributed by atoms with Gasteiger partial charge in [0.2, 0.25) is 0 Å². The van der Waals surface area contributed by atoms with Gasteiger partial charge in [-0.15, -0.1) is 0 Å². The van der Waals surface area contributed by atoms with E-state index < -0.39 is 5.79 Å². The van der Waals surface area contributed by atoms with E-state index in [1.54, 1.807) is 19.1 Å². The third-order valence-corrected chi connectivity index (χ3v) is 6.11. The maximum Gasteiger partial charge on any atom is 0.190 e. The van der Waals surface area contributed by atoms with Gasteiger partial charge < -0.3 is 18.9 Å². The van der Waals surface area contributed by atoms with Gasteiger partial charge in [-0.1, -0.05) is 29.8 Å². The SMILES string of the molecule is CO[C@@H]1[C@H]2OC(C)(C)O[C@H]2O[C@@H]1C1CCC(c2ccc(C)cc2)=NS1. The van der Waals surface area contributed by atoms with Crippen molar-refractivity contribution < 1.29 is 18.9 Å². The van der Waals surface area contributed by atoms with Crippen molar-refractivity contribution in [2.45, 2.75) is 69.3 Å². The molecule has 0 N–H and O–H groups in total. The summed E-state index contributed by atoms with van der Waals surface area (Å²) in [5.74, 6) is -0.618. The topological polar surface area (TPSA) is 49.3 Å². The van der Waals surface area contributed by atoms with Crippen molar-refractivity contribution in [2.75, 3.05) is 7.11 Å². The molecule has 2 fully saturated rings. The molecule has 136 valence electrons. The quantitative estimate of drug-likeness (QED) is 0.770. The number of rotatable bonds is 3. The highest BCUT2D eigenvalue weighted by atomic mass is 32.2. The Kier molecular flexibility index (Phi) is 4.67. The molecule has 3 heterocycles. The summed E-state index contributed by atoms with van der Waals surface area (Å²) in [5, 5.41) is 0.250. The second kappa shape index (κ2) is 6.67. The average Bonchev–Trinajstić information content (AvgIpc) is 3.07. The van der Waals surface area contributed by atoms with Crippen LogP contribution in [0.1, 0.15) is 37.8 Å². The van der Waals surface area contributed by atoms with E-state index in [1.807, 2.05) is 13.8 Å². The van der Waals surface area contributed by atoms with Crippen molar-refractivity contribution in [3.63, 3.8) is 0 Å². The van der Waals surface area contributed by atoms with E-state index in [1.165, 1.54) is 11.1 Å². The van der Waals surface area contributed by atoms with Gasteiger partial charge in [0.25, 0.3) is 0 Å². The zero-order valence-corrected chi connectivity index (χ0v) is 15.9. The van der Waals surface area contributed by atoms with E-state index in [4.69, 9.17) is 23.3 Å². The minimum Gasteiger partial charge on any atom is -0.376 e. The summed E-state index contributed by atoms with van der Waals surface area (Å²) >= 11 is 1.60. The molecule has 3 aliphatic rings. The van der Waals surface area contributed by atoms with Gasteiger partial charge in [0.05, 0.1) is 11.0 Å². The standard InChI is InChI=1S/C19H25NO4S/c1-11-5-7-12(8-6-11)13-9-10-14(25-20-13)15-16(21-4)17-18(22-15)24-19(2,3)23-17/h5-8,14-18H,9-10H2,1-4H3/t14?,15-,16+,17-,18-/m1/s1. The predicted molar refractivity (Wildman–Crippen MR) is 97.8 cm³/mol. The van der Waals surface area contributed by atoms with Crippen molar-refractivity contribution in [1.29, 1.82) is 0 Å². The van der Waals surface area contributed by atoms with Crippen molar-refractivity contribution in [3.05, 3.63) is 35.4 Å². The molecule has 0 radical (unpaired) electrons. The highest BCUT2D eigenvalue weighted by Gasteiger charge is 2.57. The number of aryl methyl sites for hydroxylation is 1. The molecule has 0 amide bonds. The minimum atomic E-state index is -0.618. The Labute approximate surface area is 153 Å². The summed E-state index contributed by atoms with van der Waals surface area (Å²) in [6.07, 6.45) is 1.23. The first kappa shape index (κ1) is 17.5. The Morgan fingerprint density at radius 1 is 1.16 bits per heavy atom. The van der Waals surface area contributed by atoms with Crippen molar-refractivity contribution >= 4 is 17.7 Å². The summed E-state index contributed by atoms with van der Waals surface area (Å²) < 4.78 is 28.5. The lowest BCUT2D eigenvalue weighted by atomic mass is 9.99. The van der Waals surface area contributed by atoms with Crippen LogP contribution in [0.5, 0.6) is 0 Å². The number of fused-ring (bicyclic) bond motifs is 1. The van der Waals surface area contributed by atoms with E-state index in [9.17, 15) is 0 Å². The normalized spacial score (nSPS) is 37.0. The first-order chi connectivity index (χ1) is 12.0. The lowest BCUT2D eigenvalue weighted by Crippen LogP contribution is -2.41. The molecule has 3 aliphatic heterocycles. The first-order valence-electron chi connectivity index (χ1n) is 8.80. The highest BCUT2D eigenvalue weighted by Crippen LogP contribution is 2.43. The van der Waals surface area contributed by atoms with Crippen LogP contribution in [0.3, 0.4) is 0 Å². The molecule has 1 unspecified atom stereocenters. The van der Waals surface area contributed by atoms with Gasteiger partial charge in [0.15, 0.2) is 12.1 Å². The summed E-state index contributed by atoms with van der Waals surface area (Å²) in [5.41, 5.74) is 3.63. The van der Waals surface area contributed by atoms with Crippen LogP contribution in [-0.4, -0.2) is 48.5 Å². The Balaban J connectivity index is 1.45. The smallest absolute Gasteiger partial charge is 0.190 e. The maximum atomic E-state index is 6.16. The van der Waals surface area contributed by atoms with Gasteiger partial charge in [-0.3, -0.25) is 0 Å². The van der Waals surface area contributed by atoms with E-state index in [-0.39, 0.29) is 29.9 Å². The molecule has 5 nitrogen and oxygen atoms in total. The number of hydrogen-bond acceptors (Lipinski definition) is 6. The predicted octanol–water partition coefficient (Wildman–Crippen LogP) is 3.49.